The zero-order valence-electron chi connectivity index (χ0n) is 13.8. The minimum Gasteiger partial charge on any atom is -0.341 e. The third kappa shape index (κ3) is 3.56. The van der Waals surface area contributed by atoms with Crippen molar-refractivity contribution in [1.29, 1.82) is 0 Å². The van der Waals surface area contributed by atoms with Crippen LogP contribution >= 0.6 is 0 Å². The van der Waals surface area contributed by atoms with Crippen molar-refractivity contribution in [2.45, 2.75) is 12.8 Å². The van der Waals surface area contributed by atoms with Crippen molar-refractivity contribution in [3.63, 3.8) is 0 Å². The Morgan fingerprint density at radius 1 is 1.12 bits per heavy atom. The van der Waals surface area contributed by atoms with E-state index < -0.39 is 23.6 Å². The van der Waals surface area contributed by atoms with Crippen LogP contribution in [-0.2, 0) is 9.59 Å². The molecule has 0 spiro atoms. The molecule has 3 rings (SSSR count). The Morgan fingerprint density at radius 3 is 2.38 bits per heavy atom. The zero-order chi connectivity index (χ0) is 18.8. The maximum absolute atomic E-state index is 13.3. The van der Waals surface area contributed by atoms with Crippen molar-refractivity contribution in [2.24, 2.45) is 5.92 Å². The first-order valence-corrected chi connectivity index (χ1v) is 8.22. The topological polar surface area (TPSA) is 86.8 Å². The second-order valence-corrected chi connectivity index (χ2v) is 6.29. The first-order chi connectivity index (χ1) is 12.4. The molecular weight excluding hydrogens is 348 g/mol. The van der Waals surface area contributed by atoms with E-state index >= 15 is 0 Å². The number of halogens is 2. The molecule has 9 heteroatoms. The molecule has 1 N–H and O–H groups in total. The number of imide groups is 1. The summed E-state index contributed by atoms with van der Waals surface area (Å²) in [4.78, 5) is 50.0. The summed E-state index contributed by atoms with van der Waals surface area (Å²) in [5, 5.41) is 2.34. The van der Waals surface area contributed by atoms with Gasteiger partial charge in [0.05, 0.1) is 6.54 Å². The molecule has 0 aliphatic carbocycles. The molecular formula is C17H17F2N3O4. The van der Waals surface area contributed by atoms with Crippen LogP contribution in [0.1, 0.15) is 23.2 Å². The van der Waals surface area contributed by atoms with E-state index in [4.69, 9.17) is 0 Å². The molecule has 138 valence electrons. The number of nitrogens with zero attached hydrogens (tertiary/aromatic N) is 2. The summed E-state index contributed by atoms with van der Waals surface area (Å²) in [5.41, 5.74) is 0.105. The smallest absolute Gasteiger partial charge is 0.325 e. The van der Waals surface area contributed by atoms with E-state index in [1.807, 2.05) is 0 Å². The molecule has 7 nitrogen and oxygen atoms in total. The number of benzene rings is 1. The molecule has 0 saturated carbocycles. The number of piperidine rings is 1. The Bertz CT molecular complexity index is 759. The van der Waals surface area contributed by atoms with E-state index in [0.717, 1.165) is 17.0 Å². The molecule has 2 saturated heterocycles. The maximum atomic E-state index is 13.3. The fraction of sp³-hybridized carbons (Fsp3) is 0.412. The highest BCUT2D eigenvalue weighted by molar-refractivity contribution is 6.04. The van der Waals surface area contributed by atoms with E-state index in [9.17, 15) is 28.0 Å². The number of likely N-dealkylation sites (tertiary alicyclic amines) is 1. The van der Waals surface area contributed by atoms with Gasteiger partial charge in [0, 0.05) is 24.6 Å². The molecule has 0 bridgehead atoms. The van der Waals surface area contributed by atoms with Crippen LogP contribution in [0.3, 0.4) is 0 Å². The Hall–Kier alpha value is -2.84. The summed E-state index contributed by atoms with van der Waals surface area (Å²) >= 11 is 0. The van der Waals surface area contributed by atoms with E-state index in [-0.39, 0.29) is 36.3 Å². The van der Waals surface area contributed by atoms with Gasteiger partial charge in [0.25, 0.3) is 5.91 Å². The first kappa shape index (κ1) is 18.0. The fourth-order valence-electron chi connectivity index (χ4n) is 3.13. The standard InChI is InChI=1S/C17H17F2N3O4/c18-12-2-1-11(7-13(12)19)16(25)10-3-5-21(6-4-10)15(24)9-22-14(23)8-20-17(22)26/h1-2,7,10H,3-6,8-9H2,(H,20,26). The number of nitrogens with one attached hydrogen (secondary N) is 1. The average molecular weight is 365 g/mol. The Balaban J connectivity index is 1.56. The van der Waals surface area contributed by atoms with Crippen molar-refractivity contribution < 1.29 is 28.0 Å². The van der Waals surface area contributed by atoms with Gasteiger partial charge in [-0.25, -0.2) is 13.6 Å². The first-order valence-electron chi connectivity index (χ1n) is 8.22. The van der Waals surface area contributed by atoms with Crippen molar-refractivity contribution >= 4 is 23.6 Å². The van der Waals surface area contributed by atoms with Crippen LogP contribution in [0.25, 0.3) is 0 Å². The van der Waals surface area contributed by atoms with Crippen LogP contribution in [0.15, 0.2) is 18.2 Å². The van der Waals surface area contributed by atoms with Gasteiger partial charge >= 0.3 is 6.03 Å². The number of hydrogen-bond acceptors (Lipinski definition) is 4. The fourth-order valence-corrected chi connectivity index (χ4v) is 3.13. The highest BCUT2D eigenvalue weighted by Gasteiger charge is 2.33. The van der Waals surface area contributed by atoms with Gasteiger partial charge in [-0.1, -0.05) is 0 Å². The molecule has 26 heavy (non-hydrogen) atoms. The number of carbonyl (C=O) groups excluding carboxylic acids is 4. The van der Waals surface area contributed by atoms with Crippen LogP contribution in [-0.4, -0.2) is 59.6 Å². The number of hydrogen-bond donors (Lipinski definition) is 1. The molecule has 0 unspecified atom stereocenters. The third-order valence-corrected chi connectivity index (χ3v) is 4.65. The Morgan fingerprint density at radius 2 is 1.81 bits per heavy atom. The lowest BCUT2D eigenvalue weighted by atomic mass is 9.89. The highest BCUT2D eigenvalue weighted by atomic mass is 19.2. The SMILES string of the molecule is O=C(c1ccc(F)c(F)c1)C1CCN(C(=O)CN2C(=O)CNC2=O)CC1. The minimum absolute atomic E-state index is 0.105. The van der Waals surface area contributed by atoms with Gasteiger partial charge in [-0.3, -0.25) is 19.3 Å². The number of urea groups is 1. The van der Waals surface area contributed by atoms with Crippen molar-refractivity contribution in [3.8, 4) is 0 Å². The summed E-state index contributed by atoms with van der Waals surface area (Å²) in [7, 11) is 0. The van der Waals surface area contributed by atoms with Crippen LogP contribution in [0.2, 0.25) is 0 Å². The summed E-state index contributed by atoms with van der Waals surface area (Å²) in [5.74, 6) is -3.58. The third-order valence-electron chi connectivity index (χ3n) is 4.65. The maximum Gasteiger partial charge on any atom is 0.325 e. The Kier molecular flexibility index (Phi) is 4.97. The molecule has 0 aromatic heterocycles. The molecule has 0 radical (unpaired) electrons. The quantitative estimate of drug-likeness (QED) is 0.636. The molecule has 1 aromatic rings. The molecule has 2 heterocycles. The molecule has 0 atom stereocenters. The Labute approximate surface area is 147 Å². The van der Waals surface area contributed by atoms with E-state index in [1.54, 1.807) is 0 Å². The normalized spacial score (nSPS) is 18.2. The molecule has 4 amide bonds. The molecule has 1 aromatic carbocycles. The number of carbonyl (C=O) groups is 4. The summed E-state index contributed by atoms with van der Waals surface area (Å²) in [6, 6.07) is 2.45. The second kappa shape index (κ2) is 7.19. The molecule has 2 aliphatic heterocycles. The summed E-state index contributed by atoms with van der Waals surface area (Å²) in [6.07, 6.45) is 0.757. The largest absolute Gasteiger partial charge is 0.341 e. The van der Waals surface area contributed by atoms with Gasteiger partial charge < -0.3 is 10.2 Å². The van der Waals surface area contributed by atoms with Crippen molar-refractivity contribution in [2.75, 3.05) is 26.2 Å². The van der Waals surface area contributed by atoms with Gasteiger partial charge in [0.2, 0.25) is 5.91 Å². The predicted octanol–water partition coefficient (Wildman–Crippen LogP) is 0.938. The number of Topliss-reactive ketones (excluding diaryl/α,β-unsaturated/α-hetero) is 1. The van der Waals surface area contributed by atoms with Crippen LogP contribution in [0, 0.1) is 17.6 Å². The van der Waals surface area contributed by atoms with E-state index in [2.05, 4.69) is 5.32 Å². The average Bonchev–Trinajstić information content (AvgIpc) is 2.95. The van der Waals surface area contributed by atoms with E-state index in [0.29, 0.717) is 25.9 Å². The molecule has 2 aliphatic rings. The van der Waals surface area contributed by atoms with Gasteiger partial charge in [-0.15, -0.1) is 0 Å². The van der Waals surface area contributed by atoms with E-state index in [1.165, 1.54) is 11.0 Å². The van der Waals surface area contributed by atoms with Crippen molar-refractivity contribution in [1.82, 2.24) is 15.1 Å². The van der Waals surface area contributed by atoms with Gasteiger partial charge in [0.1, 0.15) is 6.54 Å². The van der Waals surface area contributed by atoms with Crippen LogP contribution in [0.4, 0.5) is 13.6 Å². The zero-order valence-corrected chi connectivity index (χ0v) is 13.8. The molecule has 2 fully saturated rings. The lowest BCUT2D eigenvalue weighted by molar-refractivity contribution is -0.137. The second-order valence-electron chi connectivity index (χ2n) is 6.29. The summed E-state index contributed by atoms with van der Waals surface area (Å²) in [6.45, 7) is 0.147. The van der Waals surface area contributed by atoms with Gasteiger partial charge in [0.15, 0.2) is 17.4 Å². The lowest BCUT2D eigenvalue weighted by Crippen LogP contribution is -2.46. The lowest BCUT2D eigenvalue weighted by Gasteiger charge is -2.32. The van der Waals surface area contributed by atoms with Gasteiger partial charge in [-0.2, -0.15) is 0 Å². The minimum atomic E-state index is -1.07. The predicted molar refractivity (Wildman–Crippen MR) is 85.1 cm³/mol. The highest BCUT2D eigenvalue weighted by Crippen LogP contribution is 2.23. The van der Waals surface area contributed by atoms with Crippen LogP contribution < -0.4 is 5.32 Å². The number of ketones is 1. The number of amides is 4. The van der Waals surface area contributed by atoms with Crippen LogP contribution in [0.5, 0.6) is 0 Å². The monoisotopic (exact) mass is 365 g/mol. The summed E-state index contributed by atoms with van der Waals surface area (Å²) < 4.78 is 26.3. The van der Waals surface area contributed by atoms with Crippen molar-refractivity contribution in [3.05, 3.63) is 35.4 Å². The van der Waals surface area contributed by atoms with Gasteiger partial charge in [-0.05, 0) is 31.0 Å². The number of rotatable bonds is 4.